The molecular weight excluding hydrogens is 288 g/mol. The fraction of sp³-hybridized carbons (Fsp3) is 0.133. The highest BCUT2D eigenvalue weighted by molar-refractivity contribution is 5.96. The van der Waals surface area contributed by atoms with Gasteiger partial charge >= 0.3 is 5.97 Å². The number of nitrogens with zero attached hydrogens (tertiary/aromatic N) is 1. The molecule has 0 aliphatic rings. The van der Waals surface area contributed by atoms with Crippen LogP contribution < -0.4 is 5.32 Å². The molecule has 2 N–H and O–H groups in total. The smallest absolute Gasteiger partial charge is 0.374 e. The Hall–Kier alpha value is -3.09. The summed E-state index contributed by atoms with van der Waals surface area (Å²) in [5.41, 5.74) is 0.941. The maximum Gasteiger partial charge on any atom is 0.374 e. The van der Waals surface area contributed by atoms with Crippen LogP contribution in [-0.2, 0) is 0 Å². The summed E-state index contributed by atoms with van der Waals surface area (Å²) in [6.07, 6.45) is 0. The molecule has 0 saturated heterocycles. The number of carbonyl (C=O) groups excluding carboxylic acids is 1. The molecule has 0 spiro atoms. The van der Waals surface area contributed by atoms with Gasteiger partial charge in [-0.15, -0.1) is 0 Å². The van der Waals surface area contributed by atoms with Gasteiger partial charge in [0.05, 0.1) is 6.04 Å². The van der Waals surface area contributed by atoms with Gasteiger partial charge in [-0.3, -0.25) is 4.79 Å². The number of aromatic nitrogens is 1. The fourth-order valence-corrected chi connectivity index (χ4v) is 2.03. The minimum atomic E-state index is -1.21. The summed E-state index contributed by atoms with van der Waals surface area (Å²) in [4.78, 5) is 22.9. The van der Waals surface area contributed by atoms with E-state index in [1.807, 2.05) is 18.2 Å². The van der Waals surface area contributed by atoms with E-state index in [2.05, 4.69) is 15.0 Å². The number of rotatable bonds is 4. The normalized spacial score (nSPS) is 12.2. The third-order valence-electron chi connectivity index (χ3n) is 3.18. The first kappa shape index (κ1) is 13.9. The highest BCUT2D eigenvalue weighted by atomic mass is 16.5. The van der Waals surface area contributed by atoms with Gasteiger partial charge in [0.1, 0.15) is 11.3 Å². The van der Waals surface area contributed by atoms with Gasteiger partial charge in [0.15, 0.2) is 5.76 Å². The van der Waals surface area contributed by atoms with E-state index in [1.165, 1.54) is 6.07 Å². The molecule has 112 valence electrons. The van der Waals surface area contributed by atoms with Crippen molar-refractivity contribution >= 4 is 22.8 Å². The quantitative estimate of drug-likeness (QED) is 0.767. The predicted octanol–water partition coefficient (Wildman–Crippen LogP) is 2.61. The topological polar surface area (TPSA) is 106 Å². The molecule has 7 nitrogen and oxygen atoms in total. The number of aromatic carboxylic acids is 1. The Morgan fingerprint density at radius 1 is 1.23 bits per heavy atom. The van der Waals surface area contributed by atoms with Gasteiger partial charge in [0, 0.05) is 11.5 Å². The number of hydrogen-bond donors (Lipinski definition) is 2. The summed E-state index contributed by atoms with van der Waals surface area (Å²) >= 11 is 0. The van der Waals surface area contributed by atoms with Crippen molar-refractivity contribution in [3.63, 3.8) is 0 Å². The number of hydrogen-bond acceptors (Lipinski definition) is 5. The zero-order chi connectivity index (χ0) is 15.7. The van der Waals surface area contributed by atoms with Gasteiger partial charge in [-0.05, 0) is 19.1 Å². The summed E-state index contributed by atoms with van der Waals surface area (Å²) in [7, 11) is 0. The second kappa shape index (κ2) is 5.36. The lowest BCUT2D eigenvalue weighted by atomic mass is 10.2. The molecular formula is C15H12N2O5. The van der Waals surface area contributed by atoms with Crippen molar-refractivity contribution in [3.8, 4) is 0 Å². The third-order valence-corrected chi connectivity index (χ3v) is 3.18. The van der Waals surface area contributed by atoms with Crippen LogP contribution >= 0.6 is 0 Å². The van der Waals surface area contributed by atoms with Gasteiger partial charge < -0.3 is 19.4 Å². The first-order chi connectivity index (χ1) is 10.5. The lowest BCUT2D eigenvalue weighted by Gasteiger charge is -2.08. The molecule has 0 radical (unpaired) electrons. The minimum absolute atomic E-state index is 0.176. The Bertz CT molecular complexity index is 815. The summed E-state index contributed by atoms with van der Waals surface area (Å²) < 4.78 is 10.1. The summed E-state index contributed by atoms with van der Waals surface area (Å²) in [6.45, 7) is 1.67. The van der Waals surface area contributed by atoms with Crippen molar-refractivity contribution in [1.29, 1.82) is 0 Å². The van der Waals surface area contributed by atoms with Crippen molar-refractivity contribution in [2.45, 2.75) is 13.0 Å². The second-order valence-corrected chi connectivity index (χ2v) is 4.76. The van der Waals surface area contributed by atoms with E-state index in [4.69, 9.17) is 9.52 Å². The van der Waals surface area contributed by atoms with Crippen molar-refractivity contribution in [2.24, 2.45) is 0 Å². The highest BCUT2D eigenvalue weighted by Gasteiger charge is 2.19. The van der Waals surface area contributed by atoms with Gasteiger partial charge in [0.2, 0.25) is 5.76 Å². The molecule has 0 aliphatic carbocycles. The maximum absolute atomic E-state index is 12.2. The number of benzene rings is 1. The van der Waals surface area contributed by atoms with Crippen LogP contribution in [0.5, 0.6) is 0 Å². The number of para-hydroxylation sites is 1. The predicted molar refractivity (Wildman–Crippen MR) is 75.6 cm³/mol. The number of nitrogens with one attached hydrogen (secondary N) is 1. The van der Waals surface area contributed by atoms with Crippen molar-refractivity contribution in [3.05, 3.63) is 53.6 Å². The molecule has 0 saturated carbocycles. The number of fused-ring (bicyclic) bond motifs is 1. The fourth-order valence-electron chi connectivity index (χ4n) is 2.03. The van der Waals surface area contributed by atoms with Gasteiger partial charge in [0.25, 0.3) is 5.91 Å². The Balaban J connectivity index is 1.76. The monoisotopic (exact) mass is 300 g/mol. The average Bonchev–Trinajstić information content (AvgIpc) is 3.14. The standard InChI is InChI=1S/C15H12N2O5/c1-8(10-7-13(15(19)20)22-17-10)16-14(18)12-6-9-4-2-3-5-11(9)21-12/h2-8H,1H3,(H,16,18)(H,19,20)/t8-/m1/s1. The van der Waals surface area contributed by atoms with Crippen LogP contribution in [0.1, 0.15) is 39.8 Å². The van der Waals surface area contributed by atoms with Crippen LogP contribution in [-0.4, -0.2) is 22.1 Å². The van der Waals surface area contributed by atoms with E-state index >= 15 is 0 Å². The first-order valence-corrected chi connectivity index (χ1v) is 6.54. The van der Waals surface area contributed by atoms with E-state index in [-0.39, 0.29) is 11.5 Å². The van der Waals surface area contributed by atoms with Gasteiger partial charge in [-0.1, -0.05) is 23.4 Å². The number of carboxylic acids is 1. The zero-order valence-corrected chi connectivity index (χ0v) is 11.6. The zero-order valence-electron chi connectivity index (χ0n) is 11.6. The van der Waals surface area contributed by atoms with Crippen LogP contribution in [0.4, 0.5) is 0 Å². The number of furan rings is 1. The van der Waals surface area contributed by atoms with Gasteiger partial charge in [-0.25, -0.2) is 4.79 Å². The number of carboxylic acid groups (broad SMARTS) is 1. The molecule has 2 heterocycles. The molecule has 1 atom stereocenters. The molecule has 22 heavy (non-hydrogen) atoms. The van der Waals surface area contributed by atoms with Gasteiger partial charge in [-0.2, -0.15) is 0 Å². The van der Waals surface area contributed by atoms with E-state index < -0.39 is 17.9 Å². The molecule has 0 aliphatic heterocycles. The second-order valence-electron chi connectivity index (χ2n) is 4.76. The molecule has 3 rings (SSSR count). The lowest BCUT2D eigenvalue weighted by Crippen LogP contribution is -2.26. The van der Waals surface area contributed by atoms with Crippen LogP contribution in [0.2, 0.25) is 0 Å². The Kier molecular flexibility index (Phi) is 3.38. The molecule has 0 fully saturated rings. The van der Waals surface area contributed by atoms with Crippen LogP contribution in [0.3, 0.4) is 0 Å². The molecule has 1 aromatic carbocycles. The van der Waals surface area contributed by atoms with E-state index in [9.17, 15) is 9.59 Å². The lowest BCUT2D eigenvalue weighted by molar-refractivity contribution is 0.0651. The maximum atomic E-state index is 12.2. The highest BCUT2D eigenvalue weighted by Crippen LogP contribution is 2.20. The van der Waals surface area contributed by atoms with Crippen LogP contribution in [0.25, 0.3) is 11.0 Å². The first-order valence-electron chi connectivity index (χ1n) is 6.54. The number of amides is 1. The van der Waals surface area contributed by atoms with Crippen molar-refractivity contribution in [2.75, 3.05) is 0 Å². The van der Waals surface area contributed by atoms with E-state index in [1.54, 1.807) is 19.1 Å². The number of carbonyl (C=O) groups is 2. The molecule has 0 bridgehead atoms. The summed E-state index contributed by atoms with van der Waals surface area (Å²) in [6, 6.07) is 9.68. The van der Waals surface area contributed by atoms with Crippen molar-refractivity contribution in [1.82, 2.24) is 10.5 Å². The third kappa shape index (κ3) is 2.56. The molecule has 7 heteroatoms. The van der Waals surface area contributed by atoms with E-state index in [0.717, 1.165) is 5.39 Å². The average molecular weight is 300 g/mol. The molecule has 2 aromatic heterocycles. The van der Waals surface area contributed by atoms with Crippen molar-refractivity contribution < 1.29 is 23.6 Å². The Labute approximate surface area is 124 Å². The SMILES string of the molecule is C[C@@H](NC(=O)c1cc2ccccc2o1)c1cc(C(=O)O)on1. The summed E-state index contributed by atoms with van der Waals surface area (Å²) in [5, 5.41) is 15.9. The van der Waals surface area contributed by atoms with E-state index in [0.29, 0.717) is 11.3 Å². The molecule has 0 unspecified atom stereocenters. The van der Waals surface area contributed by atoms with Crippen LogP contribution in [0, 0.1) is 0 Å². The Morgan fingerprint density at radius 3 is 2.68 bits per heavy atom. The molecule has 3 aromatic rings. The molecule has 1 amide bonds. The summed E-state index contributed by atoms with van der Waals surface area (Å²) in [5.74, 6) is -1.73. The minimum Gasteiger partial charge on any atom is -0.475 e. The Morgan fingerprint density at radius 2 is 2.00 bits per heavy atom. The largest absolute Gasteiger partial charge is 0.475 e. The van der Waals surface area contributed by atoms with Crippen LogP contribution in [0.15, 0.2) is 45.3 Å².